The molecule has 4 aromatic rings. The molecule has 3 heterocycles. The van der Waals surface area contributed by atoms with Crippen molar-refractivity contribution < 1.29 is 9.18 Å². The van der Waals surface area contributed by atoms with E-state index in [0.717, 1.165) is 50.7 Å². The van der Waals surface area contributed by atoms with Crippen LogP contribution in [0.25, 0.3) is 17.0 Å². The zero-order valence-electron chi connectivity index (χ0n) is 19.1. The Labute approximate surface area is 226 Å². The molecule has 0 fully saturated rings. The standard InChI is InChI=1S/C27H22BrCl2FN4O/c28-19-4-5-20-21-16-34(10-1-2-17-3-6-22(29)23(31)12-17)11-8-24(21)35(25(20)14-19)27(36)33-15-18-7-9-32-26(30)13-18/h1-7,9,12-14H,8,10-11,15-16H2,(H,33,36)/b2-1+. The maximum atomic E-state index is 13.7. The molecule has 1 N–H and O–H groups in total. The van der Waals surface area contributed by atoms with Crippen molar-refractivity contribution in [1.29, 1.82) is 0 Å². The Bertz CT molecular complexity index is 1490. The van der Waals surface area contributed by atoms with Crippen LogP contribution >= 0.6 is 39.1 Å². The summed E-state index contributed by atoms with van der Waals surface area (Å²) in [6, 6.07) is 14.2. The monoisotopic (exact) mass is 586 g/mol. The number of benzene rings is 2. The van der Waals surface area contributed by atoms with E-state index >= 15 is 0 Å². The van der Waals surface area contributed by atoms with Crippen LogP contribution < -0.4 is 5.32 Å². The van der Waals surface area contributed by atoms with Gasteiger partial charge in [0.2, 0.25) is 0 Å². The Kier molecular flexibility index (Phi) is 7.44. The van der Waals surface area contributed by atoms with E-state index in [-0.39, 0.29) is 11.1 Å². The smallest absolute Gasteiger partial charge is 0.326 e. The summed E-state index contributed by atoms with van der Waals surface area (Å²) in [7, 11) is 0. The van der Waals surface area contributed by atoms with E-state index in [1.54, 1.807) is 29.0 Å². The number of hydrogen-bond acceptors (Lipinski definition) is 3. The summed E-state index contributed by atoms with van der Waals surface area (Å²) < 4.78 is 16.4. The molecule has 1 amide bonds. The maximum absolute atomic E-state index is 13.7. The molecule has 5 nitrogen and oxygen atoms in total. The van der Waals surface area contributed by atoms with Gasteiger partial charge in [-0.3, -0.25) is 9.47 Å². The number of nitrogens with zero attached hydrogens (tertiary/aromatic N) is 3. The third-order valence-electron chi connectivity index (χ3n) is 6.25. The molecule has 0 aliphatic carbocycles. The highest BCUT2D eigenvalue weighted by atomic mass is 79.9. The molecule has 1 aliphatic rings. The molecule has 0 bridgehead atoms. The van der Waals surface area contributed by atoms with Gasteiger partial charge in [-0.2, -0.15) is 0 Å². The second-order valence-corrected chi connectivity index (χ2v) is 10.3. The van der Waals surface area contributed by atoms with Crippen molar-refractivity contribution in [3.63, 3.8) is 0 Å². The first-order valence-corrected chi connectivity index (χ1v) is 13.0. The van der Waals surface area contributed by atoms with Gasteiger partial charge in [-0.15, -0.1) is 0 Å². The number of pyridine rings is 1. The molecule has 0 saturated heterocycles. The van der Waals surface area contributed by atoms with Crippen LogP contribution in [0.2, 0.25) is 10.2 Å². The van der Waals surface area contributed by atoms with Gasteiger partial charge in [0.25, 0.3) is 0 Å². The predicted octanol–water partition coefficient (Wildman–Crippen LogP) is 7.07. The van der Waals surface area contributed by atoms with E-state index < -0.39 is 5.82 Å². The van der Waals surface area contributed by atoms with Gasteiger partial charge in [0.1, 0.15) is 11.0 Å². The fourth-order valence-electron chi connectivity index (χ4n) is 4.54. The lowest BCUT2D eigenvalue weighted by Gasteiger charge is -2.27. The highest BCUT2D eigenvalue weighted by molar-refractivity contribution is 9.10. The van der Waals surface area contributed by atoms with Crippen LogP contribution in [-0.2, 0) is 19.5 Å². The summed E-state index contributed by atoms with van der Waals surface area (Å²) in [4.78, 5) is 19.6. The maximum Gasteiger partial charge on any atom is 0.326 e. The van der Waals surface area contributed by atoms with E-state index in [1.807, 2.05) is 30.4 Å². The van der Waals surface area contributed by atoms with E-state index in [1.165, 1.54) is 6.07 Å². The predicted molar refractivity (Wildman–Crippen MR) is 146 cm³/mol. The number of hydrogen-bond donors (Lipinski definition) is 1. The summed E-state index contributed by atoms with van der Waals surface area (Å²) in [6.45, 7) is 2.58. The Morgan fingerprint density at radius 1 is 1.17 bits per heavy atom. The molecule has 0 atom stereocenters. The van der Waals surface area contributed by atoms with Crippen LogP contribution in [0.3, 0.4) is 0 Å². The number of amides is 1. The molecule has 1 aliphatic heterocycles. The molecule has 184 valence electrons. The lowest BCUT2D eigenvalue weighted by atomic mass is 10.0. The number of halogens is 4. The second kappa shape index (κ2) is 10.7. The summed E-state index contributed by atoms with van der Waals surface area (Å²) in [5, 5.41) is 4.59. The molecular formula is C27H22BrCl2FN4O. The van der Waals surface area contributed by atoms with Gasteiger partial charge < -0.3 is 5.32 Å². The van der Waals surface area contributed by atoms with Gasteiger partial charge in [-0.25, -0.2) is 14.2 Å². The molecule has 2 aromatic heterocycles. The molecule has 36 heavy (non-hydrogen) atoms. The Hall–Kier alpha value is -2.71. The zero-order valence-corrected chi connectivity index (χ0v) is 22.2. The third-order valence-corrected chi connectivity index (χ3v) is 7.25. The third kappa shape index (κ3) is 5.34. The number of nitrogens with one attached hydrogen (secondary N) is 1. The minimum Gasteiger partial charge on any atom is -0.333 e. The largest absolute Gasteiger partial charge is 0.333 e. The molecule has 2 aromatic carbocycles. The molecule has 0 unspecified atom stereocenters. The molecule has 9 heteroatoms. The molecule has 5 rings (SSSR count). The first kappa shape index (κ1) is 25.0. The van der Waals surface area contributed by atoms with Crippen LogP contribution in [0.1, 0.15) is 22.4 Å². The first-order valence-electron chi connectivity index (χ1n) is 11.4. The number of rotatable bonds is 5. The SMILES string of the molecule is O=C(NCc1ccnc(Cl)c1)n1c2c(c3ccc(Br)cc31)CN(C/C=C/c1ccc(Cl)c(F)c1)CC2. The fraction of sp³-hybridized carbons (Fsp3) is 0.185. The summed E-state index contributed by atoms with van der Waals surface area (Å²) in [5.41, 5.74) is 4.69. The average Bonchev–Trinajstić information content (AvgIpc) is 3.17. The van der Waals surface area contributed by atoms with E-state index in [2.05, 4.69) is 37.2 Å². The van der Waals surface area contributed by atoms with Crippen LogP contribution in [0.5, 0.6) is 0 Å². The van der Waals surface area contributed by atoms with Crippen LogP contribution in [0.15, 0.2) is 65.3 Å². The van der Waals surface area contributed by atoms with E-state index in [0.29, 0.717) is 24.8 Å². The molecule has 0 saturated carbocycles. The van der Waals surface area contributed by atoms with E-state index in [4.69, 9.17) is 23.2 Å². The van der Waals surface area contributed by atoms with Crippen molar-refractivity contribution in [2.45, 2.75) is 19.5 Å². The first-order chi connectivity index (χ1) is 17.4. The van der Waals surface area contributed by atoms with Crippen molar-refractivity contribution in [3.8, 4) is 0 Å². The number of carbonyl (C=O) groups excluding carboxylic acids is 1. The van der Waals surface area contributed by atoms with Gasteiger partial charge in [0, 0.05) is 54.3 Å². The Morgan fingerprint density at radius 2 is 2.03 bits per heavy atom. The van der Waals surface area contributed by atoms with Crippen LogP contribution in [0, 0.1) is 5.82 Å². The second-order valence-electron chi connectivity index (χ2n) is 8.63. The van der Waals surface area contributed by atoms with Crippen molar-refractivity contribution >= 4 is 62.1 Å². The van der Waals surface area contributed by atoms with Crippen molar-refractivity contribution in [1.82, 2.24) is 19.8 Å². The highest BCUT2D eigenvalue weighted by Gasteiger charge is 2.26. The van der Waals surface area contributed by atoms with Gasteiger partial charge in [0.05, 0.1) is 10.5 Å². The number of carbonyl (C=O) groups is 1. The van der Waals surface area contributed by atoms with Crippen molar-refractivity contribution in [3.05, 3.63) is 104 Å². The summed E-state index contributed by atoms with van der Waals surface area (Å²) in [6.07, 6.45) is 6.28. The average molecular weight is 588 g/mol. The Balaban J connectivity index is 1.36. The fourth-order valence-corrected chi connectivity index (χ4v) is 5.20. The van der Waals surface area contributed by atoms with Crippen LogP contribution in [-0.4, -0.2) is 33.6 Å². The van der Waals surface area contributed by atoms with Gasteiger partial charge in [0.15, 0.2) is 0 Å². The topological polar surface area (TPSA) is 50.2 Å². The molecule has 0 spiro atoms. The quantitative estimate of drug-likeness (QED) is 0.254. The number of fused-ring (bicyclic) bond motifs is 3. The van der Waals surface area contributed by atoms with Gasteiger partial charge in [-0.05, 0) is 53.1 Å². The summed E-state index contributed by atoms with van der Waals surface area (Å²) in [5.74, 6) is -0.425. The lowest BCUT2D eigenvalue weighted by molar-refractivity contribution is 0.240. The minimum atomic E-state index is -0.425. The zero-order chi connectivity index (χ0) is 25.2. The highest BCUT2D eigenvalue weighted by Crippen LogP contribution is 2.32. The van der Waals surface area contributed by atoms with E-state index in [9.17, 15) is 9.18 Å². The minimum absolute atomic E-state index is 0.118. The molecule has 0 radical (unpaired) electrons. The lowest BCUT2D eigenvalue weighted by Crippen LogP contribution is -2.34. The Morgan fingerprint density at radius 3 is 2.83 bits per heavy atom. The van der Waals surface area contributed by atoms with Crippen molar-refractivity contribution in [2.24, 2.45) is 0 Å². The number of aromatic nitrogens is 2. The molecular weight excluding hydrogens is 566 g/mol. The van der Waals surface area contributed by atoms with Gasteiger partial charge in [-0.1, -0.05) is 63.4 Å². The normalized spacial score (nSPS) is 13.9. The van der Waals surface area contributed by atoms with Crippen LogP contribution in [0.4, 0.5) is 9.18 Å². The van der Waals surface area contributed by atoms with Gasteiger partial charge >= 0.3 is 6.03 Å². The summed E-state index contributed by atoms with van der Waals surface area (Å²) >= 11 is 15.3. The van der Waals surface area contributed by atoms with Crippen molar-refractivity contribution in [2.75, 3.05) is 13.1 Å².